The summed E-state index contributed by atoms with van der Waals surface area (Å²) < 4.78 is 5.39. The number of likely N-dealkylation sites (tertiary alicyclic amines) is 1. The Bertz CT molecular complexity index is 453. The summed E-state index contributed by atoms with van der Waals surface area (Å²) in [5.41, 5.74) is -0.487. The Morgan fingerprint density at radius 2 is 2.18 bits per heavy atom. The van der Waals surface area contributed by atoms with Gasteiger partial charge >= 0.3 is 6.09 Å². The summed E-state index contributed by atoms with van der Waals surface area (Å²) >= 11 is 0. The van der Waals surface area contributed by atoms with Crippen LogP contribution in [0.5, 0.6) is 0 Å². The maximum atomic E-state index is 12.1. The van der Waals surface area contributed by atoms with E-state index < -0.39 is 5.60 Å². The second-order valence-electron chi connectivity index (χ2n) is 6.15. The molecule has 0 aliphatic carbocycles. The molecule has 0 aromatic carbocycles. The number of hydrogen-bond donors (Lipinski definition) is 0. The fraction of sp³-hybridized carbons (Fsp3) is 0.733. The van der Waals surface area contributed by atoms with E-state index in [-0.39, 0.29) is 12.1 Å². The molecule has 124 valence electrons. The second kappa shape index (κ2) is 7.91. The molecule has 0 unspecified atom stereocenters. The lowest BCUT2D eigenvalue weighted by atomic mass is 10.2. The zero-order valence-electron chi connectivity index (χ0n) is 14.2. The van der Waals surface area contributed by atoms with Crippen molar-refractivity contribution in [2.45, 2.75) is 52.7 Å². The average molecular weight is 309 g/mol. The number of hydrogen-bond acceptors (Lipinski definition) is 4. The maximum absolute atomic E-state index is 12.1. The monoisotopic (exact) mass is 309 g/mol. The van der Waals surface area contributed by atoms with Crippen LogP contribution < -0.4 is 0 Å². The molecule has 1 heterocycles. The number of nitrogens with zero attached hydrogens (tertiary/aromatic N) is 5. The minimum atomic E-state index is -0.487. The molecule has 0 radical (unpaired) electrons. The van der Waals surface area contributed by atoms with Crippen LogP contribution in [0.1, 0.15) is 41.0 Å². The van der Waals surface area contributed by atoms with Crippen molar-refractivity contribution in [3.8, 4) is 0 Å². The van der Waals surface area contributed by atoms with Crippen molar-refractivity contribution < 1.29 is 9.53 Å². The molecule has 1 aliphatic rings. The fourth-order valence-corrected chi connectivity index (χ4v) is 2.18. The standard InChI is InChI=1S/C15H27N5O2/c1-7-17-11-18-12(2)20(16-6)13-8-9-19(10-13)14(21)22-15(3,4)5/h11,13H,6-10H2,1-5H3/t13-/m1/s1. The molecular formula is C15H27N5O2. The van der Waals surface area contributed by atoms with Gasteiger partial charge in [0.15, 0.2) is 0 Å². The molecule has 1 atom stereocenters. The number of amides is 1. The smallest absolute Gasteiger partial charge is 0.410 e. The zero-order chi connectivity index (χ0) is 16.8. The quantitative estimate of drug-likeness (QED) is 0.455. The molecular weight excluding hydrogens is 282 g/mol. The normalized spacial score (nSPS) is 19.6. The summed E-state index contributed by atoms with van der Waals surface area (Å²) in [4.78, 5) is 22.1. The van der Waals surface area contributed by atoms with Gasteiger partial charge in [0.25, 0.3) is 0 Å². The second-order valence-corrected chi connectivity index (χ2v) is 6.15. The van der Waals surface area contributed by atoms with Crippen LogP contribution in [0.25, 0.3) is 0 Å². The lowest BCUT2D eigenvalue weighted by Gasteiger charge is -2.26. The third kappa shape index (κ3) is 5.46. The fourth-order valence-electron chi connectivity index (χ4n) is 2.18. The van der Waals surface area contributed by atoms with E-state index in [9.17, 15) is 4.79 Å². The number of carbonyl (C=O) groups excluding carboxylic acids is 1. The highest BCUT2D eigenvalue weighted by Gasteiger charge is 2.33. The van der Waals surface area contributed by atoms with E-state index in [1.807, 2.05) is 34.6 Å². The van der Waals surface area contributed by atoms with Crippen LogP contribution in [0.15, 0.2) is 15.1 Å². The van der Waals surface area contributed by atoms with Crippen molar-refractivity contribution in [2.75, 3.05) is 19.6 Å². The lowest BCUT2D eigenvalue weighted by molar-refractivity contribution is 0.0286. The minimum absolute atomic E-state index is 0.0591. The summed E-state index contributed by atoms with van der Waals surface area (Å²) in [6, 6.07) is 0.0591. The van der Waals surface area contributed by atoms with E-state index in [0.29, 0.717) is 25.5 Å². The first-order valence-corrected chi connectivity index (χ1v) is 7.55. The molecule has 0 saturated carbocycles. The van der Waals surface area contributed by atoms with E-state index in [1.54, 1.807) is 9.91 Å². The first-order valence-electron chi connectivity index (χ1n) is 7.55. The molecule has 1 aliphatic heterocycles. The summed E-state index contributed by atoms with van der Waals surface area (Å²) in [6.07, 6.45) is 2.03. The van der Waals surface area contributed by atoms with Crippen LogP contribution in [0, 0.1) is 0 Å². The molecule has 0 spiro atoms. The van der Waals surface area contributed by atoms with E-state index in [1.165, 1.54) is 6.34 Å². The molecule has 1 saturated heterocycles. The van der Waals surface area contributed by atoms with E-state index in [0.717, 1.165) is 6.42 Å². The maximum Gasteiger partial charge on any atom is 0.410 e. The van der Waals surface area contributed by atoms with Crippen molar-refractivity contribution in [3.05, 3.63) is 0 Å². The van der Waals surface area contributed by atoms with E-state index in [2.05, 4.69) is 21.8 Å². The predicted octanol–water partition coefficient (Wildman–Crippen LogP) is 2.38. The molecule has 1 amide bonds. The van der Waals surface area contributed by atoms with Gasteiger partial charge in [-0.25, -0.2) is 14.8 Å². The van der Waals surface area contributed by atoms with Crippen LogP contribution in [-0.2, 0) is 4.74 Å². The van der Waals surface area contributed by atoms with Crippen molar-refractivity contribution in [2.24, 2.45) is 15.1 Å². The Kier molecular flexibility index (Phi) is 6.52. The van der Waals surface area contributed by atoms with Crippen LogP contribution in [0.4, 0.5) is 4.79 Å². The van der Waals surface area contributed by atoms with Gasteiger partial charge in [0.05, 0.1) is 6.04 Å². The highest BCUT2D eigenvalue weighted by molar-refractivity contribution is 5.87. The van der Waals surface area contributed by atoms with Crippen LogP contribution in [-0.4, -0.2) is 66.2 Å². The molecule has 0 bridgehead atoms. The zero-order valence-corrected chi connectivity index (χ0v) is 14.2. The van der Waals surface area contributed by atoms with E-state index >= 15 is 0 Å². The number of hydrazone groups is 1. The molecule has 0 aromatic heterocycles. The minimum Gasteiger partial charge on any atom is -0.444 e. The highest BCUT2D eigenvalue weighted by atomic mass is 16.6. The van der Waals surface area contributed by atoms with Gasteiger partial charge in [-0.3, -0.25) is 4.99 Å². The first-order chi connectivity index (χ1) is 10.3. The van der Waals surface area contributed by atoms with Gasteiger partial charge in [-0.05, 0) is 41.0 Å². The Hall–Kier alpha value is -1.92. The number of rotatable bonds is 4. The number of aliphatic imine (C=N–C) groups is 2. The Balaban J connectivity index is 2.67. The van der Waals surface area contributed by atoms with Crippen molar-refractivity contribution >= 4 is 25.0 Å². The molecule has 0 N–H and O–H groups in total. The van der Waals surface area contributed by atoms with Crippen molar-refractivity contribution in [3.63, 3.8) is 0 Å². The van der Waals surface area contributed by atoms with Crippen molar-refractivity contribution in [1.82, 2.24) is 9.91 Å². The first kappa shape index (κ1) is 18.1. The summed E-state index contributed by atoms with van der Waals surface area (Å²) in [7, 11) is 0. The molecule has 0 aromatic rings. The highest BCUT2D eigenvalue weighted by Crippen LogP contribution is 2.19. The molecule has 1 rings (SSSR count). The number of amidine groups is 1. The van der Waals surface area contributed by atoms with Crippen LogP contribution in [0.3, 0.4) is 0 Å². The van der Waals surface area contributed by atoms with Gasteiger partial charge in [0.1, 0.15) is 17.8 Å². The van der Waals surface area contributed by atoms with Crippen LogP contribution in [0.2, 0.25) is 0 Å². The van der Waals surface area contributed by atoms with Crippen LogP contribution >= 0.6 is 0 Å². The van der Waals surface area contributed by atoms with Gasteiger partial charge in [0.2, 0.25) is 0 Å². The molecule has 22 heavy (non-hydrogen) atoms. The van der Waals surface area contributed by atoms with Gasteiger partial charge in [-0.15, -0.1) is 0 Å². The summed E-state index contributed by atoms with van der Waals surface area (Å²) in [6.45, 7) is 14.9. The van der Waals surface area contributed by atoms with Gasteiger partial charge in [0, 0.05) is 26.4 Å². The van der Waals surface area contributed by atoms with Gasteiger partial charge in [-0.2, -0.15) is 5.10 Å². The predicted molar refractivity (Wildman–Crippen MR) is 89.7 cm³/mol. The Labute approximate surface area is 132 Å². The molecule has 7 nitrogen and oxygen atoms in total. The third-order valence-corrected chi connectivity index (χ3v) is 3.15. The Morgan fingerprint density at radius 1 is 1.50 bits per heavy atom. The average Bonchev–Trinajstić information content (AvgIpc) is 2.87. The Morgan fingerprint density at radius 3 is 2.73 bits per heavy atom. The lowest BCUT2D eigenvalue weighted by Crippen LogP contribution is -2.40. The number of carbonyl (C=O) groups is 1. The third-order valence-electron chi connectivity index (χ3n) is 3.15. The topological polar surface area (TPSA) is 69.9 Å². The van der Waals surface area contributed by atoms with Crippen molar-refractivity contribution in [1.29, 1.82) is 0 Å². The molecule has 1 fully saturated rings. The van der Waals surface area contributed by atoms with Gasteiger partial charge < -0.3 is 9.64 Å². The summed E-state index contributed by atoms with van der Waals surface area (Å²) in [5.74, 6) is 0.711. The van der Waals surface area contributed by atoms with E-state index in [4.69, 9.17) is 4.74 Å². The SMILES string of the molecule is C=NN(C(C)=NC=NCC)[C@@H]1CCN(C(=O)OC(C)(C)C)C1. The largest absolute Gasteiger partial charge is 0.444 e. The van der Waals surface area contributed by atoms with Gasteiger partial charge in [-0.1, -0.05) is 0 Å². The number of ether oxygens (including phenoxy) is 1. The summed E-state index contributed by atoms with van der Waals surface area (Å²) in [5, 5.41) is 5.77. The molecule has 7 heteroatoms.